The van der Waals surface area contributed by atoms with Gasteiger partial charge < -0.3 is 14.4 Å². The predicted octanol–water partition coefficient (Wildman–Crippen LogP) is 21.1. The largest absolute Gasteiger partial charge is 0.311 e. The molecule has 3 nitrogen and oxygen atoms in total. The van der Waals surface area contributed by atoms with Crippen LogP contribution in [0, 0.1) is 23.3 Å². The lowest BCUT2D eigenvalue weighted by molar-refractivity contribution is 0.589. The second kappa shape index (κ2) is 22.1. The first-order valence-corrected chi connectivity index (χ1v) is 30.8. The molecule has 0 N–H and O–H groups in total. The second-order valence-electron chi connectivity index (χ2n) is 23.7. The molecule has 15 aromatic rings. The van der Waals surface area contributed by atoms with Crippen LogP contribution in [-0.2, 0) is 0 Å². The van der Waals surface area contributed by atoms with Gasteiger partial charge in [-0.3, -0.25) is 0 Å². The van der Waals surface area contributed by atoms with Crippen molar-refractivity contribution < 1.29 is 17.6 Å². The molecule has 0 unspecified atom stereocenters. The normalized spacial score (nSPS) is 12.3. The highest BCUT2D eigenvalue weighted by atomic mass is 19.1. The third-order valence-electron chi connectivity index (χ3n) is 18.4. The van der Waals surface area contributed by atoms with Crippen molar-refractivity contribution in [3.05, 3.63) is 339 Å². The van der Waals surface area contributed by atoms with Gasteiger partial charge in [-0.15, -0.1) is 0 Å². The van der Waals surface area contributed by atoms with Crippen LogP contribution in [0.5, 0.6) is 0 Å². The number of rotatable bonds is 10. The number of benzene rings is 14. The molecule has 0 saturated carbocycles. The van der Waals surface area contributed by atoms with Crippen molar-refractivity contribution in [1.82, 2.24) is 4.57 Å². The molecule has 0 atom stereocenters. The Bertz CT molecular complexity index is 5070. The molecule has 0 aliphatic carbocycles. The first kappa shape index (κ1) is 54.4. The highest BCUT2D eigenvalue weighted by Crippen LogP contribution is 2.50. The van der Waals surface area contributed by atoms with Crippen molar-refractivity contribution in [2.24, 2.45) is 0 Å². The molecular formula is C84H52BF4N3. The molecule has 0 amide bonds. The predicted molar refractivity (Wildman–Crippen MR) is 373 cm³/mol. The molecule has 2 aliphatic rings. The van der Waals surface area contributed by atoms with Crippen LogP contribution in [0.3, 0.4) is 0 Å². The molecule has 3 heterocycles. The van der Waals surface area contributed by atoms with Crippen molar-refractivity contribution in [3.63, 3.8) is 0 Å². The molecule has 434 valence electrons. The standard InChI is InChI=1S/C84H52BF4N3/c86-71-32-19-33-72(87)82(71)58-40-42-77(68(50-58)83-73(88)34-20-35-74(83)89)92-75-36-16-13-29-66(75)67-49-57(39-41-76(67)92)63-51-80-84-81(52-63)91(65-47-61(55-25-9-3-10-26-55)44-62(48-65)56-27-11-4-12-28-56)79-38-18-15-31-70(79)85(84)69-30-14-17-37-78(69)90(80)64-45-59(53-21-5-1-6-22-53)43-60(46-64)54-23-7-2-8-24-54/h1-52H. The zero-order chi connectivity index (χ0) is 61.6. The second-order valence-corrected chi connectivity index (χ2v) is 23.7. The first-order valence-electron chi connectivity index (χ1n) is 30.8. The fourth-order valence-corrected chi connectivity index (χ4v) is 14.3. The van der Waals surface area contributed by atoms with E-state index in [9.17, 15) is 0 Å². The fraction of sp³-hybridized carbons (Fsp3) is 0. The van der Waals surface area contributed by atoms with Gasteiger partial charge >= 0.3 is 0 Å². The van der Waals surface area contributed by atoms with Crippen LogP contribution in [0.1, 0.15) is 0 Å². The van der Waals surface area contributed by atoms with Gasteiger partial charge in [0.05, 0.1) is 27.8 Å². The van der Waals surface area contributed by atoms with Gasteiger partial charge in [0.25, 0.3) is 6.71 Å². The molecule has 0 radical (unpaired) electrons. The number of hydrogen-bond acceptors (Lipinski definition) is 2. The Hall–Kier alpha value is -11.7. The van der Waals surface area contributed by atoms with Crippen molar-refractivity contribution in [2.75, 3.05) is 9.80 Å². The molecule has 17 rings (SSSR count). The number of fused-ring (bicyclic) bond motifs is 7. The molecule has 0 bridgehead atoms. The summed E-state index contributed by atoms with van der Waals surface area (Å²) in [5.41, 5.74) is 22.0. The molecule has 1 aromatic heterocycles. The summed E-state index contributed by atoms with van der Waals surface area (Å²) in [5, 5.41) is 1.79. The lowest BCUT2D eigenvalue weighted by Gasteiger charge is -2.44. The highest BCUT2D eigenvalue weighted by Gasteiger charge is 2.44. The summed E-state index contributed by atoms with van der Waals surface area (Å²) in [6, 6.07) is 105. The van der Waals surface area contributed by atoms with Crippen LogP contribution in [-0.4, -0.2) is 11.3 Å². The molecule has 8 heteroatoms. The van der Waals surface area contributed by atoms with E-state index in [0.717, 1.165) is 117 Å². The van der Waals surface area contributed by atoms with Crippen molar-refractivity contribution in [1.29, 1.82) is 0 Å². The van der Waals surface area contributed by atoms with Gasteiger partial charge in [-0.1, -0.05) is 200 Å². The van der Waals surface area contributed by atoms with Crippen molar-refractivity contribution in [2.45, 2.75) is 0 Å². The molecular weight excluding hydrogens is 1140 g/mol. The van der Waals surface area contributed by atoms with Crippen LogP contribution >= 0.6 is 0 Å². The third kappa shape index (κ3) is 9.05. The van der Waals surface area contributed by atoms with Crippen molar-refractivity contribution >= 4 is 79.0 Å². The van der Waals surface area contributed by atoms with Crippen LogP contribution in [0.25, 0.3) is 105 Å². The Morgan fingerprint density at radius 3 is 1.13 bits per heavy atom. The van der Waals surface area contributed by atoms with Gasteiger partial charge in [0.2, 0.25) is 0 Å². The Balaban J connectivity index is 0.946. The quantitative estimate of drug-likeness (QED) is 0.0999. The maximum Gasteiger partial charge on any atom is 0.252 e. The smallest absolute Gasteiger partial charge is 0.252 e. The number of para-hydroxylation sites is 3. The lowest BCUT2D eigenvalue weighted by Crippen LogP contribution is -2.61. The molecule has 14 aromatic carbocycles. The zero-order valence-corrected chi connectivity index (χ0v) is 49.5. The highest BCUT2D eigenvalue weighted by molar-refractivity contribution is 7.00. The Morgan fingerprint density at radius 2 is 0.641 bits per heavy atom. The minimum absolute atomic E-state index is 0.134. The summed E-state index contributed by atoms with van der Waals surface area (Å²) in [7, 11) is 0. The van der Waals surface area contributed by atoms with Crippen molar-refractivity contribution in [3.8, 4) is 83.6 Å². The van der Waals surface area contributed by atoms with Crippen LogP contribution in [0.4, 0.5) is 51.7 Å². The summed E-state index contributed by atoms with van der Waals surface area (Å²) in [6.07, 6.45) is 0. The lowest BCUT2D eigenvalue weighted by atomic mass is 9.33. The van der Waals surface area contributed by atoms with E-state index in [2.05, 4.69) is 252 Å². The van der Waals surface area contributed by atoms with E-state index in [1.165, 1.54) is 53.4 Å². The zero-order valence-electron chi connectivity index (χ0n) is 49.5. The average molecular weight is 1190 g/mol. The molecule has 0 saturated heterocycles. The summed E-state index contributed by atoms with van der Waals surface area (Å²) < 4.78 is 66.0. The van der Waals surface area contributed by atoms with Gasteiger partial charge in [0.1, 0.15) is 23.3 Å². The molecule has 0 fully saturated rings. The van der Waals surface area contributed by atoms with Gasteiger partial charge in [0, 0.05) is 50.5 Å². The molecule has 92 heavy (non-hydrogen) atoms. The summed E-state index contributed by atoms with van der Waals surface area (Å²) in [6.45, 7) is -0.166. The Kier molecular flexibility index (Phi) is 13.1. The summed E-state index contributed by atoms with van der Waals surface area (Å²) in [4.78, 5) is 4.94. The van der Waals surface area contributed by atoms with E-state index in [-0.39, 0.29) is 29.0 Å². The van der Waals surface area contributed by atoms with E-state index < -0.39 is 23.3 Å². The van der Waals surface area contributed by atoms with Gasteiger partial charge in [0.15, 0.2) is 0 Å². The SMILES string of the molecule is Fc1cccc(F)c1-c1ccc(-n2c3ccccc3c3cc(-c4cc5c6c(c4)N(c4cc(-c7ccccc7)cc(-c7ccccc7)c4)c4ccccc4B6c4ccccc4N5c4cc(-c5ccccc5)cc(-c5ccccc5)c4)ccc32)c(-c2c(F)cccc2F)c1. The topological polar surface area (TPSA) is 11.4 Å². The summed E-state index contributed by atoms with van der Waals surface area (Å²) >= 11 is 0. The third-order valence-corrected chi connectivity index (χ3v) is 18.4. The minimum atomic E-state index is -0.807. The average Bonchev–Trinajstić information content (AvgIpc) is 0.824. The van der Waals surface area contributed by atoms with Gasteiger partial charge in [-0.25, -0.2) is 17.6 Å². The number of hydrogen-bond donors (Lipinski definition) is 0. The minimum Gasteiger partial charge on any atom is -0.311 e. The van der Waals surface area contributed by atoms with Crippen LogP contribution < -0.4 is 26.2 Å². The van der Waals surface area contributed by atoms with Crippen LogP contribution in [0.15, 0.2) is 315 Å². The van der Waals surface area contributed by atoms with Gasteiger partial charge in [-0.05, 0) is 193 Å². The monoisotopic (exact) mass is 1190 g/mol. The number of halogens is 4. The first-order chi connectivity index (χ1) is 45.3. The van der Waals surface area contributed by atoms with E-state index in [4.69, 9.17) is 0 Å². The summed E-state index contributed by atoms with van der Waals surface area (Å²) in [5.74, 6) is -3.19. The Labute approximate surface area is 530 Å². The number of aromatic nitrogens is 1. The van der Waals surface area contributed by atoms with E-state index in [1.54, 1.807) is 12.1 Å². The fourth-order valence-electron chi connectivity index (χ4n) is 14.3. The Morgan fingerprint density at radius 1 is 0.239 bits per heavy atom. The van der Waals surface area contributed by atoms with Gasteiger partial charge in [-0.2, -0.15) is 0 Å². The maximum absolute atomic E-state index is 16.4. The molecule has 2 aliphatic heterocycles. The van der Waals surface area contributed by atoms with E-state index >= 15 is 17.6 Å². The maximum atomic E-state index is 16.4. The van der Waals surface area contributed by atoms with Crippen LogP contribution in [0.2, 0.25) is 0 Å². The number of nitrogens with zero attached hydrogens (tertiary/aromatic N) is 3. The van der Waals surface area contributed by atoms with E-state index in [0.29, 0.717) is 5.69 Å². The molecule has 0 spiro atoms. The van der Waals surface area contributed by atoms with E-state index in [1.807, 2.05) is 22.8 Å². The number of anilines is 6.